The fourth-order valence-electron chi connectivity index (χ4n) is 1.17. The van der Waals surface area contributed by atoms with E-state index in [1.165, 1.54) is 11.1 Å². The average Bonchev–Trinajstić information content (AvgIpc) is 2.04. The van der Waals surface area contributed by atoms with Crippen LogP contribution in [0.1, 0.15) is 25.0 Å². The summed E-state index contributed by atoms with van der Waals surface area (Å²) in [5.41, 5.74) is 2.80. The van der Waals surface area contributed by atoms with Gasteiger partial charge in [-0.15, -0.1) is 0 Å². The molecule has 0 atom stereocenters. The van der Waals surface area contributed by atoms with Gasteiger partial charge in [0.15, 0.2) is 0 Å². The standard InChI is InChI=1S/C10H13/c1-3-9-7-5-6-8-10(9)4-2/h5-7H,3-4H2,1-2H3. The van der Waals surface area contributed by atoms with E-state index in [0.717, 1.165) is 12.8 Å². The van der Waals surface area contributed by atoms with E-state index in [0.29, 0.717) is 0 Å². The molecule has 0 bridgehead atoms. The van der Waals surface area contributed by atoms with Gasteiger partial charge in [-0.05, 0) is 30.0 Å². The number of benzene rings is 1. The molecule has 0 heteroatoms. The molecule has 0 aliphatic carbocycles. The quantitative estimate of drug-likeness (QED) is 0.581. The maximum absolute atomic E-state index is 3.24. The average molecular weight is 133 g/mol. The molecule has 0 aliphatic rings. The van der Waals surface area contributed by atoms with Crippen LogP contribution in [0.25, 0.3) is 0 Å². The summed E-state index contributed by atoms with van der Waals surface area (Å²) in [6, 6.07) is 9.45. The van der Waals surface area contributed by atoms with Crippen molar-refractivity contribution in [2.75, 3.05) is 0 Å². The minimum absolute atomic E-state index is 1.10. The van der Waals surface area contributed by atoms with Crippen LogP contribution in [-0.2, 0) is 12.8 Å². The van der Waals surface area contributed by atoms with E-state index in [1.54, 1.807) is 0 Å². The van der Waals surface area contributed by atoms with Gasteiger partial charge in [0.25, 0.3) is 0 Å². The third-order valence-electron chi connectivity index (χ3n) is 1.77. The highest BCUT2D eigenvalue weighted by Gasteiger charge is 1.94. The van der Waals surface area contributed by atoms with Gasteiger partial charge < -0.3 is 0 Å². The number of hydrogen-bond acceptors (Lipinski definition) is 0. The Morgan fingerprint density at radius 2 is 2.10 bits per heavy atom. The van der Waals surface area contributed by atoms with Crippen LogP contribution in [0, 0.1) is 6.07 Å². The first kappa shape index (κ1) is 7.33. The third kappa shape index (κ3) is 1.38. The van der Waals surface area contributed by atoms with Crippen molar-refractivity contribution in [1.29, 1.82) is 0 Å². The molecule has 1 rings (SSSR count). The van der Waals surface area contributed by atoms with Gasteiger partial charge in [-0.3, -0.25) is 0 Å². The Kier molecular flexibility index (Phi) is 2.49. The van der Waals surface area contributed by atoms with Crippen LogP contribution in [0.15, 0.2) is 18.2 Å². The molecule has 0 saturated heterocycles. The molecule has 0 saturated carbocycles. The minimum atomic E-state index is 1.10. The number of hydrogen-bond donors (Lipinski definition) is 0. The Morgan fingerprint density at radius 1 is 1.30 bits per heavy atom. The Hall–Kier alpha value is -0.780. The SMILES string of the molecule is CCc1[c]cccc1CC. The normalized spacial score (nSPS) is 9.80. The monoisotopic (exact) mass is 133 g/mol. The molecule has 0 amide bonds. The summed E-state index contributed by atoms with van der Waals surface area (Å²) in [6.45, 7) is 4.35. The zero-order valence-electron chi connectivity index (χ0n) is 6.65. The maximum Gasteiger partial charge on any atom is -0.0146 e. The summed E-state index contributed by atoms with van der Waals surface area (Å²) in [5.74, 6) is 0. The van der Waals surface area contributed by atoms with Crippen LogP contribution < -0.4 is 0 Å². The summed E-state index contributed by atoms with van der Waals surface area (Å²) in [5, 5.41) is 0. The van der Waals surface area contributed by atoms with Gasteiger partial charge in [-0.1, -0.05) is 32.0 Å². The largest absolute Gasteiger partial charge is 0.0614 e. The molecule has 10 heavy (non-hydrogen) atoms. The van der Waals surface area contributed by atoms with E-state index >= 15 is 0 Å². The minimum Gasteiger partial charge on any atom is -0.0614 e. The second-order valence-electron chi connectivity index (χ2n) is 2.38. The lowest BCUT2D eigenvalue weighted by Gasteiger charge is -2.01. The molecule has 0 fully saturated rings. The summed E-state index contributed by atoms with van der Waals surface area (Å²) in [6.07, 6.45) is 2.23. The predicted octanol–water partition coefficient (Wildman–Crippen LogP) is 2.61. The van der Waals surface area contributed by atoms with Gasteiger partial charge in [0.05, 0.1) is 0 Å². The van der Waals surface area contributed by atoms with E-state index < -0.39 is 0 Å². The molecule has 0 N–H and O–H groups in total. The molecule has 53 valence electrons. The van der Waals surface area contributed by atoms with E-state index in [2.05, 4.69) is 32.0 Å². The number of aryl methyl sites for hydroxylation is 2. The smallest absolute Gasteiger partial charge is 0.0146 e. The second kappa shape index (κ2) is 3.40. The van der Waals surface area contributed by atoms with Crippen molar-refractivity contribution >= 4 is 0 Å². The summed E-state index contributed by atoms with van der Waals surface area (Å²) in [4.78, 5) is 0. The lowest BCUT2D eigenvalue weighted by Crippen LogP contribution is -1.88. The second-order valence-corrected chi connectivity index (χ2v) is 2.38. The molecule has 1 aromatic rings. The molecule has 0 aromatic heterocycles. The molecule has 0 unspecified atom stereocenters. The Morgan fingerprint density at radius 3 is 2.60 bits per heavy atom. The molecule has 1 radical (unpaired) electrons. The topological polar surface area (TPSA) is 0 Å². The predicted molar refractivity (Wildman–Crippen MR) is 44.0 cm³/mol. The molecular formula is C10H13. The van der Waals surface area contributed by atoms with Crippen LogP contribution in [0.2, 0.25) is 0 Å². The highest BCUT2D eigenvalue weighted by molar-refractivity contribution is 5.25. The van der Waals surface area contributed by atoms with Gasteiger partial charge in [-0.25, -0.2) is 0 Å². The number of rotatable bonds is 2. The van der Waals surface area contributed by atoms with E-state index in [9.17, 15) is 0 Å². The zero-order valence-corrected chi connectivity index (χ0v) is 6.65. The van der Waals surface area contributed by atoms with Crippen molar-refractivity contribution in [3.63, 3.8) is 0 Å². The van der Waals surface area contributed by atoms with Gasteiger partial charge in [0, 0.05) is 0 Å². The summed E-state index contributed by atoms with van der Waals surface area (Å²) < 4.78 is 0. The van der Waals surface area contributed by atoms with Crippen molar-refractivity contribution in [2.45, 2.75) is 26.7 Å². The first-order valence-corrected chi connectivity index (χ1v) is 3.87. The van der Waals surface area contributed by atoms with Gasteiger partial charge >= 0.3 is 0 Å². The molecule has 1 aromatic carbocycles. The Bertz CT molecular complexity index is 178. The van der Waals surface area contributed by atoms with Crippen LogP contribution in [0.3, 0.4) is 0 Å². The third-order valence-corrected chi connectivity index (χ3v) is 1.77. The van der Waals surface area contributed by atoms with Crippen molar-refractivity contribution in [1.82, 2.24) is 0 Å². The van der Waals surface area contributed by atoms with E-state index in [4.69, 9.17) is 0 Å². The van der Waals surface area contributed by atoms with Gasteiger partial charge in [0.1, 0.15) is 0 Å². The Labute approximate surface area is 62.9 Å². The maximum atomic E-state index is 3.24. The van der Waals surface area contributed by atoms with Gasteiger partial charge in [-0.2, -0.15) is 0 Å². The highest BCUT2D eigenvalue weighted by atomic mass is 14.0. The molecule has 0 aliphatic heterocycles. The fourth-order valence-corrected chi connectivity index (χ4v) is 1.17. The summed E-state index contributed by atoms with van der Waals surface area (Å²) in [7, 11) is 0. The van der Waals surface area contributed by atoms with Crippen LogP contribution in [0.4, 0.5) is 0 Å². The van der Waals surface area contributed by atoms with Gasteiger partial charge in [0.2, 0.25) is 0 Å². The lowest BCUT2D eigenvalue weighted by atomic mass is 10.0. The van der Waals surface area contributed by atoms with Crippen molar-refractivity contribution in [3.8, 4) is 0 Å². The van der Waals surface area contributed by atoms with Crippen LogP contribution in [-0.4, -0.2) is 0 Å². The van der Waals surface area contributed by atoms with E-state index in [1.807, 2.05) is 6.07 Å². The molecule has 0 nitrogen and oxygen atoms in total. The molecule has 0 heterocycles. The summed E-state index contributed by atoms with van der Waals surface area (Å²) >= 11 is 0. The lowest BCUT2D eigenvalue weighted by molar-refractivity contribution is 1.03. The van der Waals surface area contributed by atoms with Crippen LogP contribution in [0.5, 0.6) is 0 Å². The Balaban J connectivity index is 2.96. The van der Waals surface area contributed by atoms with Crippen LogP contribution >= 0.6 is 0 Å². The first-order valence-electron chi connectivity index (χ1n) is 3.87. The fraction of sp³-hybridized carbons (Fsp3) is 0.400. The van der Waals surface area contributed by atoms with Crippen molar-refractivity contribution in [2.24, 2.45) is 0 Å². The zero-order chi connectivity index (χ0) is 7.40. The molecular weight excluding hydrogens is 120 g/mol. The van der Waals surface area contributed by atoms with Crippen molar-refractivity contribution < 1.29 is 0 Å². The highest BCUT2D eigenvalue weighted by Crippen LogP contribution is 2.08. The van der Waals surface area contributed by atoms with Crippen molar-refractivity contribution in [3.05, 3.63) is 35.4 Å². The first-order chi connectivity index (χ1) is 4.88. The van der Waals surface area contributed by atoms with E-state index in [-0.39, 0.29) is 0 Å². The molecule has 0 spiro atoms.